The number of H-pyrrole nitrogens is 2. The Morgan fingerprint density at radius 1 is 1.30 bits per heavy atom. The summed E-state index contributed by atoms with van der Waals surface area (Å²) in [6.07, 6.45) is 0.490. The van der Waals surface area contributed by atoms with Gasteiger partial charge in [0, 0.05) is 22.6 Å². The molecule has 0 radical (unpaired) electrons. The number of rotatable bonds is 6. The topological polar surface area (TPSA) is 94.8 Å². The fourth-order valence-electron chi connectivity index (χ4n) is 2.45. The van der Waals surface area contributed by atoms with Crippen LogP contribution in [0.4, 0.5) is 0 Å². The summed E-state index contributed by atoms with van der Waals surface area (Å²) in [5.41, 5.74) is -0.0156. The summed E-state index contributed by atoms with van der Waals surface area (Å²) in [6, 6.07) is 3.94. The molecule has 0 saturated carbocycles. The number of aryl methyl sites for hydroxylation is 1. The number of hydrogen-bond acceptors (Lipinski definition) is 4. The lowest BCUT2D eigenvalue weighted by atomic mass is 10.0. The first-order valence-electron chi connectivity index (χ1n) is 7.53. The molecule has 0 aliphatic carbocycles. The van der Waals surface area contributed by atoms with E-state index in [4.69, 9.17) is 0 Å². The van der Waals surface area contributed by atoms with E-state index in [1.54, 1.807) is 18.3 Å². The van der Waals surface area contributed by atoms with Gasteiger partial charge in [-0.1, -0.05) is 19.9 Å². The molecule has 1 atom stereocenters. The quantitative estimate of drug-likeness (QED) is 0.752. The Morgan fingerprint density at radius 3 is 2.61 bits per heavy atom. The Kier molecular flexibility index (Phi) is 5.54. The standard InChI is InChI=1S/C16H21N3O3S/c1-9(2)14(12-5-4-8-23-12)18-13(20)7-6-11-10(3)17-16(22)19-15(11)21/h4-5,8-9,14H,6-7H2,1-3H3,(H,18,20)(H2,17,19,21,22). The van der Waals surface area contributed by atoms with Crippen molar-refractivity contribution in [3.05, 3.63) is 54.5 Å². The molecule has 2 heterocycles. The predicted octanol–water partition coefficient (Wildman–Crippen LogP) is 1.88. The van der Waals surface area contributed by atoms with E-state index in [1.165, 1.54) is 0 Å². The van der Waals surface area contributed by atoms with E-state index in [-0.39, 0.29) is 24.3 Å². The van der Waals surface area contributed by atoms with E-state index in [2.05, 4.69) is 29.1 Å². The Balaban J connectivity index is 2.03. The molecule has 2 aromatic heterocycles. The fraction of sp³-hybridized carbons (Fsp3) is 0.438. The van der Waals surface area contributed by atoms with E-state index < -0.39 is 11.2 Å². The number of carbonyl (C=O) groups excluding carboxylic acids is 1. The summed E-state index contributed by atoms with van der Waals surface area (Å²) in [6.45, 7) is 5.77. The first-order valence-corrected chi connectivity index (χ1v) is 8.41. The van der Waals surface area contributed by atoms with Crippen molar-refractivity contribution in [2.75, 3.05) is 0 Å². The van der Waals surface area contributed by atoms with Gasteiger partial charge in [-0.25, -0.2) is 4.79 Å². The van der Waals surface area contributed by atoms with Gasteiger partial charge in [0.25, 0.3) is 5.56 Å². The minimum atomic E-state index is -0.529. The van der Waals surface area contributed by atoms with E-state index in [1.807, 2.05) is 17.5 Å². The van der Waals surface area contributed by atoms with Crippen LogP contribution in [-0.2, 0) is 11.2 Å². The Labute approximate surface area is 138 Å². The zero-order valence-electron chi connectivity index (χ0n) is 13.4. The molecule has 0 bridgehead atoms. The highest BCUT2D eigenvalue weighted by Gasteiger charge is 2.19. The van der Waals surface area contributed by atoms with Crippen LogP contribution >= 0.6 is 11.3 Å². The van der Waals surface area contributed by atoms with Crippen molar-refractivity contribution in [1.82, 2.24) is 15.3 Å². The summed E-state index contributed by atoms with van der Waals surface area (Å²) < 4.78 is 0. The maximum Gasteiger partial charge on any atom is 0.325 e. The largest absolute Gasteiger partial charge is 0.348 e. The van der Waals surface area contributed by atoms with E-state index in [0.717, 1.165) is 4.88 Å². The van der Waals surface area contributed by atoms with Crippen LogP contribution in [0.15, 0.2) is 27.1 Å². The van der Waals surface area contributed by atoms with Crippen LogP contribution in [0.2, 0.25) is 0 Å². The summed E-state index contributed by atoms with van der Waals surface area (Å²) in [7, 11) is 0. The Morgan fingerprint density at radius 2 is 2.04 bits per heavy atom. The summed E-state index contributed by atoms with van der Waals surface area (Å²) in [5, 5.41) is 5.01. The van der Waals surface area contributed by atoms with E-state index in [9.17, 15) is 14.4 Å². The third-order valence-electron chi connectivity index (χ3n) is 3.69. The van der Waals surface area contributed by atoms with Crippen LogP contribution in [0.3, 0.4) is 0 Å². The fourth-order valence-corrected chi connectivity index (χ4v) is 3.39. The van der Waals surface area contributed by atoms with Crippen LogP contribution in [0.5, 0.6) is 0 Å². The molecule has 2 aromatic rings. The average molecular weight is 335 g/mol. The van der Waals surface area contributed by atoms with Gasteiger partial charge in [-0.2, -0.15) is 0 Å². The molecule has 0 spiro atoms. The molecule has 1 unspecified atom stereocenters. The van der Waals surface area contributed by atoms with Gasteiger partial charge in [-0.05, 0) is 30.7 Å². The van der Waals surface area contributed by atoms with Gasteiger partial charge >= 0.3 is 5.69 Å². The van der Waals surface area contributed by atoms with Crippen molar-refractivity contribution >= 4 is 17.2 Å². The summed E-state index contributed by atoms with van der Waals surface area (Å²) in [5.74, 6) is 0.165. The lowest BCUT2D eigenvalue weighted by molar-refractivity contribution is -0.122. The SMILES string of the molecule is Cc1[nH]c(=O)[nH]c(=O)c1CCC(=O)NC(c1cccs1)C(C)C. The predicted molar refractivity (Wildman–Crippen MR) is 90.8 cm³/mol. The maximum atomic E-state index is 12.2. The van der Waals surface area contributed by atoms with Gasteiger partial charge in [-0.3, -0.25) is 14.6 Å². The first kappa shape index (κ1) is 17.2. The molecule has 124 valence electrons. The van der Waals surface area contributed by atoms with Crippen molar-refractivity contribution in [3.8, 4) is 0 Å². The van der Waals surface area contributed by atoms with Crippen molar-refractivity contribution in [2.45, 2.75) is 39.7 Å². The second-order valence-electron chi connectivity index (χ2n) is 5.82. The number of nitrogens with one attached hydrogen (secondary N) is 3. The third kappa shape index (κ3) is 4.41. The zero-order valence-corrected chi connectivity index (χ0v) is 14.3. The van der Waals surface area contributed by atoms with Gasteiger partial charge in [0.2, 0.25) is 5.91 Å². The van der Waals surface area contributed by atoms with Crippen LogP contribution in [0.25, 0.3) is 0 Å². The molecule has 6 nitrogen and oxygen atoms in total. The molecular weight excluding hydrogens is 314 g/mol. The minimum Gasteiger partial charge on any atom is -0.348 e. The lowest BCUT2D eigenvalue weighted by Crippen LogP contribution is -2.32. The number of aromatic amines is 2. The average Bonchev–Trinajstić information content (AvgIpc) is 2.97. The van der Waals surface area contributed by atoms with Crippen molar-refractivity contribution < 1.29 is 4.79 Å². The molecule has 0 saturated heterocycles. The third-order valence-corrected chi connectivity index (χ3v) is 4.65. The molecule has 0 fully saturated rings. The van der Waals surface area contributed by atoms with Crippen LogP contribution in [0.1, 0.15) is 42.4 Å². The molecule has 2 rings (SSSR count). The number of thiophene rings is 1. The highest BCUT2D eigenvalue weighted by atomic mass is 32.1. The van der Waals surface area contributed by atoms with Gasteiger partial charge in [-0.15, -0.1) is 11.3 Å². The van der Waals surface area contributed by atoms with Gasteiger partial charge in [0.1, 0.15) is 0 Å². The Bertz CT molecular complexity index is 775. The zero-order chi connectivity index (χ0) is 17.0. The number of amides is 1. The minimum absolute atomic E-state index is 0.0301. The van der Waals surface area contributed by atoms with Crippen LogP contribution < -0.4 is 16.6 Å². The molecule has 1 amide bonds. The molecule has 23 heavy (non-hydrogen) atoms. The maximum absolute atomic E-state index is 12.2. The molecule has 0 aliphatic heterocycles. The molecule has 3 N–H and O–H groups in total. The second-order valence-corrected chi connectivity index (χ2v) is 6.80. The normalized spacial score (nSPS) is 12.3. The van der Waals surface area contributed by atoms with Crippen LogP contribution in [0, 0.1) is 12.8 Å². The second kappa shape index (κ2) is 7.41. The lowest BCUT2D eigenvalue weighted by Gasteiger charge is -2.21. The summed E-state index contributed by atoms with van der Waals surface area (Å²) >= 11 is 1.61. The number of carbonyl (C=O) groups is 1. The van der Waals surface area contributed by atoms with E-state index in [0.29, 0.717) is 17.7 Å². The number of aromatic nitrogens is 2. The van der Waals surface area contributed by atoms with E-state index >= 15 is 0 Å². The van der Waals surface area contributed by atoms with Crippen molar-refractivity contribution in [2.24, 2.45) is 5.92 Å². The Hall–Kier alpha value is -2.15. The van der Waals surface area contributed by atoms with Gasteiger partial charge in [0.05, 0.1) is 6.04 Å². The van der Waals surface area contributed by atoms with Crippen molar-refractivity contribution in [3.63, 3.8) is 0 Å². The highest BCUT2D eigenvalue weighted by Crippen LogP contribution is 2.25. The van der Waals surface area contributed by atoms with Crippen molar-refractivity contribution in [1.29, 1.82) is 0 Å². The van der Waals surface area contributed by atoms with Crippen LogP contribution in [-0.4, -0.2) is 15.9 Å². The summed E-state index contributed by atoms with van der Waals surface area (Å²) in [4.78, 5) is 41.0. The molecular formula is C16H21N3O3S. The molecule has 0 aromatic carbocycles. The highest BCUT2D eigenvalue weighted by molar-refractivity contribution is 7.10. The molecule has 0 aliphatic rings. The van der Waals surface area contributed by atoms with Gasteiger partial charge in [0.15, 0.2) is 0 Å². The van der Waals surface area contributed by atoms with Gasteiger partial charge < -0.3 is 10.3 Å². The number of hydrogen-bond donors (Lipinski definition) is 3. The smallest absolute Gasteiger partial charge is 0.325 e. The monoisotopic (exact) mass is 335 g/mol. The first-order chi connectivity index (χ1) is 10.9. The molecule has 7 heteroatoms.